The van der Waals surface area contributed by atoms with Gasteiger partial charge in [0.15, 0.2) is 0 Å². The number of hydrogen-bond donors (Lipinski definition) is 2. The van der Waals surface area contributed by atoms with Crippen molar-refractivity contribution in [2.24, 2.45) is 0 Å². The Morgan fingerprint density at radius 3 is 2.83 bits per heavy atom. The maximum Gasteiger partial charge on any atom is 0.322 e. The molecule has 1 saturated heterocycles. The van der Waals surface area contributed by atoms with Gasteiger partial charge in [-0.2, -0.15) is 0 Å². The van der Waals surface area contributed by atoms with Crippen molar-refractivity contribution in [3.8, 4) is 0 Å². The van der Waals surface area contributed by atoms with E-state index in [2.05, 4.69) is 23.2 Å². The lowest BCUT2D eigenvalue weighted by atomic mass is 10.1. The molecule has 0 bridgehead atoms. The third kappa shape index (κ3) is 4.86. The van der Waals surface area contributed by atoms with Crippen molar-refractivity contribution in [1.82, 2.24) is 9.80 Å². The molecule has 5 nitrogen and oxygen atoms in total. The molecule has 0 aliphatic carbocycles. The zero-order chi connectivity index (χ0) is 17.0. The molecule has 0 radical (unpaired) electrons. The number of urea groups is 1. The number of carbonyl (C=O) groups excluding carboxylic acids is 1. The van der Waals surface area contributed by atoms with E-state index >= 15 is 0 Å². The molecule has 1 aliphatic rings. The molecule has 1 aliphatic heterocycles. The van der Waals surface area contributed by atoms with E-state index in [1.54, 1.807) is 18.7 Å². The van der Waals surface area contributed by atoms with Crippen molar-refractivity contribution in [2.45, 2.75) is 37.8 Å². The van der Waals surface area contributed by atoms with Gasteiger partial charge in [-0.15, -0.1) is 11.8 Å². The van der Waals surface area contributed by atoms with Crippen LogP contribution in [0.5, 0.6) is 0 Å². The van der Waals surface area contributed by atoms with Crippen molar-refractivity contribution in [2.75, 3.05) is 37.8 Å². The predicted molar refractivity (Wildman–Crippen MR) is 96.3 cm³/mol. The highest BCUT2D eigenvalue weighted by Crippen LogP contribution is 2.23. The number of thioether (sulfide) groups is 1. The van der Waals surface area contributed by atoms with Crippen LogP contribution in [0.4, 0.5) is 10.5 Å². The average Bonchev–Trinajstić information content (AvgIpc) is 2.48. The van der Waals surface area contributed by atoms with Crippen LogP contribution >= 0.6 is 11.8 Å². The molecule has 2 unspecified atom stereocenters. The number of nitrogens with zero attached hydrogens (tertiary/aromatic N) is 2. The fourth-order valence-corrected chi connectivity index (χ4v) is 3.36. The first-order valence-electron chi connectivity index (χ1n) is 8.03. The quantitative estimate of drug-likeness (QED) is 0.830. The van der Waals surface area contributed by atoms with Crippen molar-refractivity contribution in [1.29, 1.82) is 0 Å². The van der Waals surface area contributed by atoms with Gasteiger partial charge >= 0.3 is 6.03 Å². The lowest BCUT2D eigenvalue weighted by molar-refractivity contribution is 0.0692. The molecule has 128 valence electrons. The molecule has 23 heavy (non-hydrogen) atoms. The van der Waals surface area contributed by atoms with E-state index in [-0.39, 0.29) is 18.2 Å². The van der Waals surface area contributed by atoms with E-state index in [0.29, 0.717) is 13.1 Å². The lowest BCUT2D eigenvalue weighted by Crippen LogP contribution is -2.56. The molecule has 1 aromatic carbocycles. The van der Waals surface area contributed by atoms with Crippen LogP contribution in [0.1, 0.15) is 19.4 Å². The number of rotatable bonds is 4. The Hall–Kier alpha value is -1.24. The van der Waals surface area contributed by atoms with Crippen LogP contribution in [0, 0.1) is 6.92 Å². The Bertz CT molecular complexity index is 551. The van der Waals surface area contributed by atoms with Crippen LogP contribution in [0.2, 0.25) is 0 Å². The van der Waals surface area contributed by atoms with E-state index in [9.17, 15) is 9.90 Å². The number of anilines is 1. The first kappa shape index (κ1) is 18.1. The summed E-state index contributed by atoms with van der Waals surface area (Å²) in [6, 6.07) is 6.20. The molecular formula is C17H27N3O2S. The summed E-state index contributed by atoms with van der Waals surface area (Å²) in [5.74, 6) is 0. The second kappa shape index (κ2) is 8.04. The van der Waals surface area contributed by atoms with E-state index in [4.69, 9.17) is 0 Å². The zero-order valence-electron chi connectivity index (χ0n) is 14.4. The highest BCUT2D eigenvalue weighted by atomic mass is 32.2. The van der Waals surface area contributed by atoms with Crippen molar-refractivity contribution >= 4 is 23.5 Å². The molecule has 2 atom stereocenters. The minimum atomic E-state index is -0.334. The Labute approximate surface area is 143 Å². The Balaban J connectivity index is 1.99. The molecular weight excluding hydrogens is 310 g/mol. The van der Waals surface area contributed by atoms with Gasteiger partial charge in [0.25, 0.3) is 0 Å². The Morgan fingerprint density at radius 1 is 1.48 bits per heavy atom. The van der Waals surface area contributed by atoms with E-state index < -0.39 is 0 Å². The monoisotopic (exact) mass is 337 g/mol. The smallest absolute Gasteiger partial charge is 0.322 e. The van der Waals surface area contributed by atoms with E-state index in [0.717, 1.165) is 29.2 Å². The SMILES string of the molecule is CSc1ccc(C)c(NC(=O)N2CCN(CC(C)O)CC2C)c1. The van der Waals surface area contributed by atoms with Crippen molar-refractivity contribution in [3.63, 3.8) is 0 Å². The highest BCUT2D eigenvalue weighted by molar-refractivity contribution is 7.98. The summed E-state index contributed by atoms with van der Waals surface area (Å²) in [7, 11) is 0. The minimum absolute atomic E-state index is 0.0458. The third-order valence-electron chi connectivity index (χ3n) is 4.18. The predicted octanol–water partition coefficient (Wildman–Crippen LogP) is 2.64. The lowest BCUT2D eigenvalue weighted by Gasteiger charge is -2.40. The Morgan fingerprint density at radius 2 is 2.22 bits per heavy atom. The summed E-state index contributed by atoms with van der Waals surface area (Å²) < 4.78 is 0. The van der Waals surface area contributed by atoms with Gasteiger partial charge in [0.05, 0.1) is 6.10 Å². The Kier molecular flexibility index (Phi) is 6.33. The van der Waals surface area contributed by atoms with Gasteiger partial charge in [-0.1, -0.05) is 6.07 Å². The number of aryl methyl sites for hydroxylation is 1. The van der Waals surface area contributed by atoms with Gasteiger partial charge in [-0.3, -0.25) is 4.90 Å². The van der Waals surface area contributed by atoms with Crippen LogP contribution in [0.3, 0.4) is 0 Å². The molecule has 1 fully saturated rings. The average molecular weight is 337 g/mol. The minimum Gasteiger partial charge on any atom is -0.392 e. The van der Waals surface area contributed by atoms with Crippen LogP contribution < -0.4 is 5.32 Å². The van der Waals surface area contributed by atoms with E-state index in [1.807, 2.05) is 30.2 Å². The largest absolute Gasteiger partial charge is 0.392 e. The summed E-state index contributed by atoms with van der Waals surface area (Å²) in [6.07, 6.45) is 1.69. The summed E-state index contributed by atoms with van der Waals surface area (Å²) >= 11 is 1.67. The molecule has 2 amide bonds. The van der Waals surface area contributed by atoms with Crippen molar-refractivity contribution in [3.05, 3.63) is 23.8 Å². The number of amides is 2. The fraction of sp³-hybridized carbons (Fsp3) is 0.588. The summed E-state index contributed by atoms with van der Waals surface area (Å²) in [4.78, 5) is 17.8. The molecule has 0 spiro atoms. The molecule has 6 heteroatoms. The number of hydrogen-bond acceptors (Lipinski definition) is 4. The number of nitrogens with one attached hydrogen (secondary N) is 1. The standard InChI is InChI=1S/C17H27N3O2S/c1-12-5-6-15(23-4)9-16(12)18-17(22)20-8-7-19(10-13(20)2)11-14(3)21/h5-6,9,13-14,21H,7-8,10-11H2,1-4H3,(H,18,22). The molecule has 1 heterocycles. The second-order valence-corrected chi connectivity index (χ2v) is 7.14. The second-order valence-electron chi connectivity index (χ2n) is 6.26. The van der Waals surface area contributed by atoms with Crippen LogP contribution in [0.15, 0.2) is 23.1 Å². The first-order valence-corrected chi connectivity index (χ1v) is 9.26. The van der Waals surface area contributed by atoms with Crippen LogP contribution in [-0.2, 0) is 0 Å². The topological polar surface area (TPSA) is 55.8 Å². The van der Waals surface area contributed by atoms with Gasteiger partial charge in [0, 0.05) is 42.8 Å². The van der Waals surface area contributed by atoms with Gasteiger partial charge < -0.3 is 15.3 Å². The van der Waals surface area contributed by atoms with Crippen LogP contribution in [0.25, 0.3) is 0 Å². The van der Waals surface area contributed by atoms with Gasteiger partial charge in [-0.25, -0.2) is 4.79 Å². The van der Waals surface area contributed by atoms with E-state index in [1.165, 1.54) is 0 Å². The highest BCUT2D eigenvalue weighted by Gasteiger charge is 2.28. The maximum atomic E-state index is 12.6. The summed E-state index contributed by atoms with van der Waals surface area (Å²) in [5.41, 5.74) is 1.94. The first-order chi connectivity index (χ1) is 10.9. The number of piperazine rings is 1. The summed E-state index contributed by atoms with van der Waals surface area (Å²) in [5, 5.41) is 12.6. The number of β-amino-alcohol motifs (C(OH)–C–C–N with tert-alkyl or cyclic N) is 1. The zero-order valence-corrected chi connectivity index (χ0v) is 15.2. The molecule has 2 N–H and O–H groups in total. The number of carbonyl (C=O) groups is 1. The number of aliphatic hydroxyl groups is 1. The number of benzene rings is 1. The van der Waals surface area contributed by atoms with Gasteiger partial charge in [0.1, 0.15) is 0 Å². The molecule has 0 saturated carbocycles. The maximum absolute atomic E-state index is 12.6. The third-order valence-corrected chi connectivity index (χ3v) is 4.91. The van der Waals surface area contributed by atoms with Crippen molar-refractivity contribution < 1.29 is 9.90 Å². The van der Waals surface area contributed by atoms with Gasteiger partial charge in [-0.05, 0) is 44.7 Å². The number of aliphatic hydroxyl groups excluding tert-OH is 1. The molecule has 0 aromatic heterocycles. The normalized spacial score (nSPS) is 20.4. The summed E-state index contributed by atoms with van der Waals surface area (Å²) in [6.45, 7) is 8.79. The molecule has 2 rings (SSSR count). The van der Waals surface area contributed by atoms with Gasteiger partial charge in [0.2, 0.25) is 0 Å². The van der Waals surface area contributed by atoms with Crippen LogP contribution in [-0.4, -0.2) is 65.5 Å². The molecule has 1 aromatic rings. The fourth-order valence-electron chi connectivity index (χ4n) is 2.92.